The number of amides is 1. The topological polar surface area (TPSA) is 122 Å². The van der Waals surface area contributed by atoms with E-state index in [4.69, 9.17) is 9.47 Å². The van der Waals surface area contributed by atoms with Crippen LogP contribution in [0.15, 0.2) is 58.1 Å². The van der Waals surface area contributed by atoms with Crippen molar-refractivity contribution in [2.24, 2.45) is 7.05 Å². The van der Waals surface area contributed by atoms with Crippen LogP contribution in [0, 0.1) is 0 Å². The molecule has 1 aromatic heterocycles. The molecular weight excluding hydrogens is 404 g/mol. The van der Waals surface area contributed by atoms with Gasteiger partial charge in [0.05, 0.1) is 30.7 Å². The second kappa shape index (κ2) is 9.08. The highest BCUT2D eigenvalue weighted by molar-refractivity contribution is 6.06. The first-order valence-electron chi connectivity index (χ1n) is 9.29. The predicted molar refractivity (Wildman–Crippen MR) is 112 cm³/mol. The van der Waals surface area contributed by atoms with E-state index in [1.54, 1.807) is 43.3 Å². The average molecular weight is 424 g/mol. The Morgan fingerprint density at radius 3 is 2.39 bits per heavy atom. The molecule has 160 valence electrons. The monoisotopic (exact) mass is 424 g/mol. The SMILES string of the molecule is CCOC(=O)c1ccccc1NC(=O)c1nn(-c2ccc(OC)cc2)c(=O)n(C)c1=O. The minimum Gasteiger partial charge on any atom is -0.497 e. The summed E-state index contributed by atoms with van der Waals surface area (Å²) in [6.07, 6.45) is 0. The zero-order chi connectivity index (χ0) is 22.5. The number of nitrogens with one attached hydrogen (secondary N) is 1. The largest absolute Gasteiger partial charge is 0.497 e. The predicted octanol–water partition coefficient (Wildman–Crippen LogP) is 1.37. The summed E-state index contributed by atoms with van der Waals surface area (Å²) in [5, 5.41) is 6.47. The molecule has 0 radical (unpaired) electrons. The molecule has 0 fully saturated rings. The Bertz CT molecular complexity index is 1240. The number of hydrogen-bond acceptors (Lipinski definition) is 7. The van der Waals surface area contributed by atoms with Crippen molar-refractivity contribution in [2.45, 2.75) is 6.92 Å². The van der Waals surface area contributed by atoms with Crippen molar-refractivity contribution < 1.29 is 19.1 Å². The molecule has 31 heavy (non-hydrogen) atoms. The van der Waals surface area contributed by atoms with Gasteiger partial charge in [-0.1, -0.05) is 12.1 Å². The van der Waals surface area contributed by atoms with Crippen molar-refractivity contribution in [1.82, 2.24) is 14.3 Å². The lowest BCUT2D eigenvalue weighted by Gasteiger charge is -2.12. The van der Waals surface area contributed by atoms with Crippen LogP contribution in [0.2, 0.25) is 0 Å². The molecule has 0 saturated carbocycles. The number of carbonyl (C=O) groups excluding carboxylic acids is 2. The molecule has 2 aromatic carbocycles. The molecule has 0 atom stereocenters. The zero-order valence-corrected chi connectivity index (χ0v) is 17.1. The standard InChI is InChI=1S/C21H20N4O6/c1-4-31-20(28)15-7-5-6-8-16(15)22-18(26)17-19(27)24(2)21(29)25(23-17)13-9-11-14(30-3)12-10-13/h5-12H,4H2,1-3H3,(H,22,26). The van der Waals surface area contributed by atoms with Crippen molar-refractivity contribution in [2.75, 3.05) is 19.0 Å². The van der Waals surface area contributed by atoms with E-state index in [0.717, 1.165) is 9.25 Å². The highest BCUT2D eigenvalue weighted by Gasteiger charge is 2.21. The van der Waals surface area contributed by atoms with Gasteiger partial charge in [0.15, 0.2) is 0 Å². The van der Waals surface area contributed by atoms with Gasteiger partial charge in [0.2, 0.25) is 5.69 Å². The summed E-state index contributed by atoms with van der Waals surface area (Å²) in [6.45, 7) is 1.82. The number of hydrogen-bond donors (Lipinski definition) is 1. The van der Waals surface area contributed by atoms with Crippen molar-refractivity contribution in [3.63, 3.8) is 0 Å². The Kier molecular flexibility index (Phi) is 6.29. The number of methoxy groups -OCH3 is 1. The zero-order valence-electron chi connectivity index (χ0n) is 17.1. The van der Waals surface area contributed by atoms with Crippen LogP contribution in [0.4, 0.5) is 5.69 Å². The van der Waals surface area contributed by atoms with Crippen LogP contribution in [-0.2, 0) is 11.8 Å². The second-order valence-corrected chi connectivity index (χ2v) is 6.33. The number of carbonyl (C=O) groups is 2. The summed E-state index contributed by atoms with van der Waals surface area (Å²) in [6, 6.07) is 12.6. The van der Waals surface area contributed by atoms with Gasteiger partial charge in [-0.3, -0.25) is 14.2 Å². The third-order valence-electron chi connectivity index (χ3n) is 4.38. The Hall–Kier alpha value is -4.21. The minimum atomic E-state index is -0.875. The van der Waals surface area contributed by atoms with E-state index >= 15 is 0 Å². The molecule has 0 saturated heterocycles. The Morgan fingerprint density at radius 2 is 1.74 bits per heavy atom. The molecule has 0 bridgehead atoms. The maximum absolute atomic E-state index is 12.8. The number of rotatable bonds is 6. The fourth-order valence-corrected chi connectivity index (χ4v) is 2.77. The average Bonchev–Trinajstić information content (AvgIpc) is 2.78. The molecule has 1 heterocycles. The van der Waals surface area contributed by atoms with Gasteiger partial charge >= 0.3 is 11.7 Å². The molecule has 1 amide bonds. The van der Waals surface area contributed by atoms with Crippen LogP contribution in [0.25, 0.3) is 5.69 Å². The maximum atomic E-state index is 12.8. The summed E-state index contributed by atoms with van der Waals surface area (Å²) >= 11 is 0. The third kappa shape index (κ3) is 4.37. The Morgan fingerprint density at radius 1 is 1.06 bits per heavy atom. The number of anilines is 1. The van der Waals surface area contributed by atoms with Crippen molar-refractivity contribution in [3.05, 3.63) is 80.6 Å². The van der Waals surface area contributed by atoms with E-state index in [-0.39, 0.29) is 17.9 Å². The molecular formula is C21H20N4O6. The molecule has 3 aromatic rings. The van der Waals surface area contributed by atoms with E-state index < -0.39 is 28.8 Å². The fourth-order valence-electron chi connectivity index (χ4n) is 2.77. The van der Waals surface area contributed by atoms with Crippen LogP contribution >= 0.6 is 0 Å². The number of esters is 1. The van der Waals surface area contributed by atoms with Crippen molar-refractivity contribution in [3.8, 4) is 11.4 Å². The number of nitrogens with zero attached hydrogens (tertiary/aromatic N) is 3. The van der Waals surface area contributed by atoms with Gasteiger partial charge in [-0.2, -0.15) is 9.78 Å². The summed E-state index contributed by atoms with van der Waals surface area (Å²) in [5.74, 6) is -0.933. The van der Waals surface area contributed by atoms with Gasteiger partial charge in [-0.15, -0.1) is 0 Å². The number of benzene rings is 2. The molecule has 0 aliphatic rings. The lowest BCUT2D eigenvalue weighted by molar-refractivity contribution is 0.0527. The molecule has 10 nitrogen and oxygen atoms in total. The van der Waals surface area contributed by atoms with Crippen LogP contribution in [-0.4, -0.2) is 39.9 Å². The van der Waals surface area contributed by atoms with Crippen molar-refractivity contribution in [1.29, 1.82) is 0 Å². The van der Waals surface area contributed by atoms with E-state index in [9.17, 15) is 19.2 Å². The van der Waals surface area contributed by atoms with Crippen LogP contribution in [0.5, 0.6) is 5.75 Å². The highest BCUT2D eigenvalue weighted by Crippen LogP contribution is 2.17. The minimum absolute atomic E-state index is 0.123. The maximum Gasteiger partial charge on any atom is 0.351 e. The van der Waals surface area contributed by atoms with E-state index in [0.29, 0.717) is 11.4 Å². The summed E-state index contributed by atoms with van der Waals surface area (Å²) in [5.41, 5.74) is -1.51. The lowest BCUT2D eigenvalue weighted by atomic mass is 10.1. The molecule has 0 spiro atoms. The fraction of sp³-hybridized carbons (Fsp3) is 0.190. The number of ether oxygens (including phenoxy) is 2. The molecule has 0 unspecified atom stereocenters. The van der Waals surface area contributed by atoms with Crippen LogP contribution < -0.4 is 21.3 Å². The number of aromatic nitrogens is 3. The van der Waals surface area contributed by atoms with Gasteiger partial charge in [-0.25, -0.2) is 9.59 Å². The quantitative estimate of drug-likeness (QED) is 0.593. The third-order valence-corrected chi connectivity index (χ3v) is 4.38. The first-order valence-corrected chi connectivity index (χ1v) is 9.29. The molecule has 0 aliphatic heterocycles. The molecule has 10 heteroatoms. The van der Waals surface area contributed by atoms with Gasteiger partial charge in [-0.05, 0) is 43.3 Å². The van der Waals surface area contributed by atoms with E-state index in [2.05, 4.69) is 10.4 Å². The second-order valence-electron chi connectivity index (χ2n) is 6.33. The Labute approximate surface area is 176 Å². The van der Waals surface area contributed by atoms with Crippen molar-refractivity contribution >= 4 is 17.6 Å². The van der Waals surface area contributed by atoms with Crippen LogP contribution in [0.1, 0.15) is 27.8 Å². The van der Waals surface area contributed by atoms with Gasteiger partial charge < -0.3 is 14.8 Å². The smallest absolute Gasteiger partial charge is 0.351 e. The summed E-state index contributed by atoms with van der Waals surface area (Å²) in [4.78, 5) is 50.0. The first kappa shape index (κ1) is 21.5. The summed E-state index contributed by atoms with van der Waals surface area (Å²) < 4.78 is 11.8. The first-order chi connectivity index (χ1) is 14.9. The molecule has 0 aliphatic carbocycles. The lowest BCUT2D eigenvalue weighted by Crippen LogP contribution is -2.43. The van der Waals surface area contributed by atoms with E-state index in [1.165, 1.54) is 26.3 Å². The molecule has 1 N–H and O–H groups in total. The van der Waals surface area contributed by atoms with E-state index in [1.807, 2.05) is 0 Å². The Balaban J connectivity index is 2.03. The van der Waals surface area contributed by atoms with Crippen LogP contribution in [0.3, 0.4) is 0 Å². The highest BCUT2D eigenvalue weighted by atomic mass is 16.5. The number of para-hydroxylation sites is 1. The van der Waals surface area contributed by atoms with Gasteiger partial charge in [0.1, 0.15) is 5.75 Å². The molecule has 3 rings (SSSR count). The normalized spacial score (nSPS) is 10.4. The summed E-state index contributed by atoms with van der Waals surface area (Å²) in [7, 11) is 2.75. The van der Waals surface area contributed by atoms with Gasteiger partial charge in [0, 0.05) is 7.05 Å². The van der Waals surface area contributed by atoms with Gasteiger partial charge in [0.25, 0.3) is 11.5 Å².